The Balaban J connectivity index is 1.76. The van der Waals surface area contributed by atoms with Gasteiger partial charge in [-0.3, -0.25) is 4.79 Å². The average Bonchev–Trinajstić information content (AvgIpc) is 2.66. The Labute approximate surface area is 156 Å². The summed E-state index contributed by atoms with van der Waals surface area (Å²) in [5, 5.41) is 3.65. The van der Waals surface area contributed by atoms with E-state index in [0.29, 0.717) is 29.1 Å². The molecule has 0 saturated carbocycles. The Morgan fingerprint density at radius 3 is 2.70 bits per heavy atom. The van der Waals surface area contributed by atoms with Gasteiger partial charge >= 0.3 is 5.63 Å². The average molecular weight is 366 g/mol. The molecule has 0 aliphatic heterocycles. The maximum Gasteiger partial charge on any atom is 0.339 e. The van der Waals surface area contributed by atoms with Crippen molar-refractivity contribution in [1.82, 2.24) is 0 Å². The zero-order valence-corrected chi connectivity index (χ0v) is 15.5. The number of nitrogens with two attached hydrogens (primary N) is 1. The summed E-state index contributed by atoms with van der Waals surface area (Å²) in [7, 11) is 0. The first-order valence-corrected chi connectivity index (χ1v) is 8.69. The highest BCUT2D eigenvalue weighted by Crippen LogP contribution is 2.24. The molecule has 0 spiro atoms. The zero-order chi connectivity index (χ0) is 19.6. The van der Waals surface area contributed by atoms with Crippen molar-refractivity contribution < 1.29 is 13.9 Å². The largest absolute Gasteiger partial charge is 0.481 e. The first-order valence-electron chi connectivity index (χ1n) is 8.69. The summed E-state index contributed by atoms with van der Waals surface area (Å²) in [6.45, 7) is 5.66. The van der Waals surface area contributed by atoms with Gasteiger partial charge in [-0.05, 0) is 56.2 Å². The van der Waals surface area contributed by atoms with E-state index in [1.165, 1.54) is 0 Å². The van der Waals surface area contributed by atoms with E-state index in [1.807, 2.05) is 31.2 Å². The number of carbonyl (C=O) groups is 1. The van der Waals surface area contributed by atoms with Gasteiger partial charge in [-0.25, -0.2) is 4.79 Å². The highest BCUT2D eigenvalue weighted by molar-refractivity contribution is 5.94. The molecule has 2 aromatic carbocycles. The van der Waals surface area contributed by atoms with Crippen molar-refractivity contribution in [3.63, 3.8) is 0 Å². The monoisotopic (exact) mass is 366 g/mol. The van der Waals surface area contributed by atoms with E-state index in [0.717, 1.165) is 16.5 Å². The van der Waals surface area contributed by atoms with Crippen LogP contribution in [0.2, 0.25) is 0 Å². The molecule has 6 nitrogen and oxygen atoms in total. The minimum absolute atomic E-state index is 0.286. The standard InChI is InChI=1S/C21H22N2O4/c1-12-13(2)21(25)27-19-10-17(7-8-18(12)19)26-14(3)20(24)23-16-6-4-5-15(9-16)11-22/h4-10,14H,11,22H2,1-3H3,(H,23,24). The van der Waals surface area contributed by atoms with Crippen LogP contribution < -0.4 is 21.4 Å². The summed E-state index contributed by atoms with van der Waals surface area (Å²) in [5.41, 5.74) is 8.73. The minimum Gasteiger partial charge on any atom is -0.481 e. The van der Waals surface area contributed by atoms with E-state index in [1.54, 1.807) is 32.0 Å². The number of aryl methyl sites for hydroxylation is 1. The first kappa shape index (κ1) is 18.7. The maximum atomic E-state index is 12.4. The van der Waals surface area contributed by atoms with Gasteiger partial charge in [-0.15, -0.1) is 0 Å². The number of benzene rings is 2. The van der Waals surface area contributed by atoms with Crippen LogP contribution in [-0.4, -0.2) is 12.0 Å². The number of hydrogen-bond donors (Lipinski definition) is 2. The molecule has 27 heavy (non-hydrogen) atoms. The van der Waals surface area contributed by atoms with Crippen LogP contribution in [0.4, 0.5) is 5.69 Å². The van der Waals surface area contributed by atoms with Gasteiger partial charge in [0.15, 0.2) is 6.10 Å². The highest BCUT2D eigenvalue weighted by Gasteiger charge is 2.16. The summed E-state index contributed by atoms with van der Waals surface area (Å²) < 4.78 is 11.1. The number of anilines is 1. The van der Waals surface area contributed by atoms with Crippen LogP contribution in [0.25, 0.3) is 11.0 Å². The van der Waals surface area contributed by atoms with Crippen molar-refractivity contribution in [2.75, 3.05) is 5.32 Å². The topological polar surface area (TPSA) is 94.6 Å². The third kappa shape index (κ3) is 4.01. The molecular weight excluding hydrogens is 344 g/mol. The van der Waals surface area contributed by atoms with E-state index < -0.39 is 6.10 Å². The van der Waals surface area contributed by atoms with Crippen molar-refractivity contribution >= 4 is 22.6 Å². The van der Waals surface area contributed by atoms with Gasteiger partial charge in [0.1, 0.15) is 11.3 Å². The van der Waals surface area contributed by atoms with E-state index >= 15 is 0 Å². The van der Waals surface area contributed by atoms with Crippen molar-refractivity contribution in [2.45, 2.75) is 33.4 Å². The molecule has 0 fully saturated rings. The molecule has 1 unspecified atom stereocenters. The Morgan fingerprint density at radius 2 is 1.96 bits per heavy atom. The molecule has 6 heteroatoms. The number of carbonyl (C=O) groups excluding carboxylic acids is 1. The molecule has 0 radical (unpaired) electrons. The molecule has 1 heterocycles. The second-order valence-electron chi connectivity index (χ2n) is 6.45. The molecule has 1 aromatic heterocycles. The van der Waals surface area contributed by atoms with Gasteiger partial charge in [0, 0.05) is 29.2 Å². The smallest absolute Gasteiger partial charge is 0.339 e. The summed E-state index contributed by atoms with van der Waals surface area (Å²) in [5.74, 6) is 0.165. The second kappa shape index (κ2) is 7.63. The lowest BCUT2D eigenvalue weighted by molar-refractivity contribution is -0.122. The predicted molar refractivity (Wildman–Crippen MR) is 105 cm³/mol. The van der Waals surface area contributed by atoms with Crippen LogP contribution in [0.1, 0.15) is 23.6 Å². The first-order chi connectivity index (χ1) is 12.9. The Bertz CT molecular complexity index is 1060. The predicted octanol–water partition coefficient (Wildman–Crippen LogP) is 3.27. The molecular formula is C21H22N2O4. The number of hydrogen-bond acceptors (Lipinski definition) is 5. The zero-order valence-electron chi connectivity index (χ0n) is 15.5. The summed E-state index contributed by atoms with van der Waals surface area (Å²) in [6.07, 6.45) is -0.734. The van der Waals surface area contributed by atoms with Crippen molar-refractivity contribution in [3.8, 4) is 5.75 Å². The molecule has 140 valence electrons. The molecule has 0 bridgehead atoms. The van der Waals surface area contributed by atoms with E-state index in [4.69, 9.17) is 14.9 Å². The number of ether oxygens (including phenoxy) is 1. The van der Waals surface area contributed by atoms with Crippen molar-refractivity contribution in [1.29, 1.82) is 0 Å². The number of amides is 1. The van der Waals surface area contributed by atoms with Gasteiger partial charge in [0.2, 0.25) is 0 Å². The SMILES string of the molecule is Cc1c(C)c2ccc(OC(C)C(=O)Nc3cccc(CN)c3)cc2oc1=O. The minimum atomic E-state index is -0.734. The van der Waals surface area contributed by atoms with E-state index in [9.17, 15) is 9.59 Å². The number of nitrogens with one attached hydrogen (secondary N) is 1. The van der Waals surface area contributed by atoms with Gasteiger partial charge in [0.05, 0.1) is 0 Å². The molecule has 3 N–H and O–H groups in total. The molecule has 1 amide bonds. The summed E-state index contributed by atoms with van der Waals surface area (Å²) >= 11 is 0. The molecule has 3 aromatic rings. The molecule has 3 rings (SSSR count). The fourth-order valence-electron chi connectivity index (χ4n) is 2.78. The normalized spacial score (nSPS) is 12.0. The maximum absolute atomic E-state index is 12.4. The number of fused-ring (bicyclic) bond motifs is 1. The van der Waals surface area contributed by atoms with Gasteiger partial charge < -0.3 is 20.2 Å². The molecule has 0 aliphatic carbocycles. The van der Waals surface area contributed by atoms with Gasteiger partial charge in [0.25, 0.3) is 5.91 Å². The van der Waals surface area contributed by atoms with Gasteiger partial charge in [-0.2, -0.15) is 0 Å². The second-order valence-corrected chi connectivity index (χ2v) is 6.45. The van der Waals surface area contributed by atoms with Crippen LogP contribution >= 0.6 is 0 Å². The Hall–Kier alpha value is -3.12. The lowest BCUT2D eigenvalue weighted by atomic mass is 10.1. The lowest BCUT2D eigenvalue weighted by Gasteiger charge is -2.15. The summed E-state index contributed by atoms with van der Waals surface area (Å²) in [6, 6.07) is 12.5. The van der Waals surface area contributed by atoms with Gasteiger partial charge in [-0.1, -0.05) is 12.1 Å². The highest BCUT2D eigenvalue weighted by atomic mass is 16.5. The van der Waals surface area contributed by atoms with Crippen molar-refractivity contribution in [3.05, 3.63) is 69.6 Å². The van der Waals surface area contributed by atoms with Crippen molar-refractivity contribution in [2.24, 2.45) is 5.73 Å². The fraction of sp³-hybridized carbons (Fsp3) is 0.238. The third-order valence-electron chi connectivity index (χ3n) is 4.54. The quantitative estimate of drug-likeness (QED) is 0.676. The molecule has 1 atom stereocenters. The van der Waals surface area contributed by atoms with Crippen LogP contribution in [0.3, 0.4) is 0 Å². The van der Waals surface area contributed by atoms with Crippen LogP contribution in [0, 0.1) is 13.8 Å². The van der Waals surface area contributed by atoms with E-state index in [-0.39, 0.29) is 11.5 Å². The Kier molecular flexibility index (Phi) is 5.28. The lowest BCUT2D eigenvalue weighted by Crippen LogP contribution is -2.30. The Morgan fingerprint density at radius 1 is 1.19 bits per heavy atom. The fourth-order valence-corrected chi connectivity index (χ4v) is 2.78. The number of rotatable bonds is 5. The molecule has 0 aliphatic rings. The van der Waals surface area contributed by atoms with E-state index in [2.05, 4.69) is 5.32 Å². The third-order valence-corrected chi connectivity index (χ3v) is 4.54. The van der Waals surface area contributed by atoms with Crippen LogP contribution in [-0.2, 0) is 11.3 Å². The van der Waals surface area contributed by atoms with Crippen LogP contribution in [0.15, 0.2) is 51.7 Å². The van der Waals surface area contributed by atoms with Crippen LogP contribution in [0.5, 0.6) is 5.75 Å². The molecule has 0 saturated heterocycles. The summed E-state index contributed by atoms with van der Waals surface area (Å²) in [4.78, 5) is 24.3.